The average molecular weight is 362 g/mol. The summed E-state index contributed by atoms with van der Waals surface area (Å²) >= 11 is 0. The van der Waals surface area contributed by atoms with Crippen molar-refractivity contribution >= 4 is 11.9 Å². The van der Waals surface area contributed by atoms with Crippen molar-refractivity contribution < 1.29 is 19.1 Å². The number of rotatable bonds is 6. The predicted molar refractivity (Wildman–Crippen MR) is 100 cm³/mol. The highest BCUT2D eigenvalue weighted by Gasteiger charge is 2.53. The van der Waals surface area contributed by atoms with Crippen molar-refractivity contribution in [3.63, 3.8) is 0 Å². The predicted octanol–water partition coefficient (Wildman–Crippen LogP) is 3.91. The summed E-state index contributed by atoms with van der Waals surface area (Å²) in [5.41, 5.74) is 1.88. The van der Waals surface area contributed by atoms with E-state index in [1.54, 1.807) is 0 Å². The van der Waals surface area contributed by atoms with Gasteiger partial charge in [0.15, 0.2) is 0 Å². The van der Waals surface area contributed by atoms with Gasteiger partial charge >= 0.3 is 11.9 Å². The molecule has 2 bridgehead atoms. The first-order valence-electron chi connectivity index (χ1n) is 9.32. The highest BCUT2D eigenvalue weighted by Crippen LogP contribution is 2.49. The minimum absolute atomic E-state index is 0.0625. The van der Waals surface area contributed by atoms with Crippen molar-refractivity contribution in [3.8, 4) is 0 Å². The molecule has 4 nitrogen and oxygen atoms in total. The summed E-state index contributed by atoms with van der Waals surface area (Å²) < 4.78 is 11.1. The molecule has 4 heteroatoms. The Morgan fingerprint density at radius 1 is 0.704 bits per heavy atom. The van der Waals surface area contributed by atoms with Crippen molar-refractivity contribution in [1.29, 1.82) is 0 Å². The fourth-order valence-electron chi connectivity index (χ4n) is 4.11. The van der Waals surface area contributed by atoms with Gasteiger partial charge in [-0.15, -0.1) is 0 Å². The quantitative estimate of drug-likeness (QED) is 0.577. The molecule has 0 radical (unpaired) electrons. The van der Waals surface area contributed by atoms with Gasteiger partial charge in [-0.25, -0.2) is 0 Å². The number of esters is 2. The molecule has 0 N–H and O–H groups in total. The molecule has 2 aliphatic rings. The maximum Gasteiger partial charge on any atom is 0.310 e. The molecule has 0 saturated heterocycles. The number of carbonyl (C=O) groups excluding carboxylic acids is 2. The molecule has 0 aromatic heterocycles. The van der Waals surface area contributed by atoms with Gasteiger partial charge in [0.1, 0.15) is 13.2 Å². The Bertz CT molecular complexity index is 758. The smallest absolute Gasteiger partial charge is 0.310 e. The number of hydrogen-bond donors (Lipinski definition) is 0. The van der Waals surface area contributed by atoms with Gasteiger partial charge in [0.05, 0.1) is 11.8 Å². The van der Waals surface area contributed by atoms with E-state index in [1.165, 1.54) is 0 Å². The van der Waals surface area contributed by atoms with Crippen molar-refractivity contribution in [2.75, 3.05) is 0 Å². The highest BCUT2D eigenvalue weighted by molar-refractivity contribution is 5.84. The topological polar surface area (TPSA) is 52.6 Å². The Hall–Kier alpha value is -2.88. The molecule has 0 amide bonds. The summed E-state index contributed by atoms with van der Waals surface area (Å²) in [4.78, 5) is 25.5. The lowest BCUT2D eigenvalue weighted by Crippen LogP contribution is -2.35. The van der Waals surface area contributed by atoms with Crippen LogP contribution in [-0.4, -0.2) is 11.9 Å². The summed E-state index contributed by atoms with van der Waals surface area (Å²) in [6, 6.07) is 19.1. The van der Waals surface area contributed by atoms with Gasteiger partial charge in [0.2, 0.25) is 0 Å². The van der Waals surface area contributed by atoms with E-state index in [2.05, 4.69) is 0 Å². The van der Waals surface area contributed by atoms with Crippen molar-refractivity contribution in [3.05, 3.63) is 83.9 Å². The molecule has 0 spiro atoms. The zero-order chi connectivity index (χ0) is 18.6. The molecule has 0 unspecified atom stereocenters. The Kier molecular flexibility index (Phi) is 5.05. The normalized spacial score (nSPS) is 25.3. The van der Waals surface area contributed by atoms with E-state index < -0.39 is 11.8 Å². The summed E-state index contributed by atoms with van der Waals surface area (Å²) in [6.45, 7) is 0.451. The average Bonchev–Trinajstić information content (AvgIpc) is 3.33. The third kappa shape index (κ3) is 3.80. The van der Waals surface area contributed by atoms with E-state index in [9.17, 15) is 9.59 Å². The van der Waals surface area contributed by atoms with E-state index in [4.69, 9.17) is 9.47 Å². The van der Waals surface area contributed by atoms with Gasteiger partial charge in [-0.05, 0) is 29.4 Å². The van der Waals surface area contributed by atoms with Gasteiger partial charge in [-0.3, -0.25) is 9.59 Å². The van der Waals surface area contributed by atoms with Crippen LogP contribution in [0.25, 0.3) is 0 Å². The molecular weight excluding hydrogens is 340 g/mol. The Morgan fingerprint density at radius 2 is 1.11 bits per heavy atom. The molecule has 0 aliphatic heterocycles. The van der Waals surface area contributed by atoms with Gasteiger partial charge in [-0.2, -0.15) is 0 Å². The minimum atomic E-state index is -0.452. The summed E-state index contributed by atoms with van der Waals surface area (Å²) in [7, 11) is 0. The number of fused-ring (bicyclic) bond motifs is 2. The first kappa shape index (κ1) is 17.5. The molecular formula is C23H22O4. The minimum Gasteiger partial charge on any atom is -0.461 e. The second-order valence-corrected chi connectivity index (χ2v) is 7.19. The second kappa shape index (κ2) is 7.78. The Labute approximate surface area is 158 Å². The van der Waals surface area contributed by atoms with Crippen molar-refractivity contribution in [1.82, 2.24) is 0 Å². The van der Waals surface area contributed by atoms with Gasteiger partial charge in [0.25, 0.3) is 0 Å². The van der Waals surface area contributed by atoms with Gasteiger partial charge in [0, 0.05) is 0 Å². The molecule has 0 heterocycles. The number of ether oxygens (including phenoxy) is 2. The fourth-order valence-corrected chi connectivity index (χ4v) is 4.11. The first-order valence-corrected chi connectivity index (χ1v) is 9.32. The number of carbonyl (C=O) groups is 2. The van der Waals surface area contributed by atoms with Crippen LogP contribution in [0.5, 0.6) is 0 Å². The van der Waals surface area contributed by atoms with Crippen LogP contribution < -0.4 is 0 Å². The molecule has 4 rings (SSSR count). The molecule has 2 aromatic carbocycles. The third-order valence-corrected chi connectivity index (χ3v) is 5.45. The first-order chi connectivity index (χ1) is 13.2. The van der Waals surface area contributed by atoms with E-state index in [-0.39, 0.29) is 37.0 Å². The zero-order valence-electron chi connectivity index (χ0n) is 15.0. The van der Waals surface area contributed by atoms with E-state index >= 15 is 0 Å². The summed E-state index contributed by atoms with van der Waals surface area (Å²) in [5, 5.41) is 0. The SMILES string of the molecule is O=C(OCc1ccccc1)[C@H]1[C@H](C(=O)OCc2ccccc2)[C@H]2C=C[C@@H]1C2. The maximum atomic E-state index is 12.7. The standard InChI is InChI=1S/C23H22O4/c24-22(26-14-16-7-3-1-4-8-16)20-18-11-12-19(13-18)21(20)23(25)27-15-17-9-5-2-6-10-17/h1-12,18-21H,13-15H2/t18-,19+,20-,21-/m1/s1. The molecule has 4 atom stereocenters. The summed E-state index contributed by atoms with van der Waals surface area (Å²) in [5.74, 6) is -1.39. The molecule has 2 aliphatic carbocycles. The number of hydrogen-bond acceptors (Lipinski definition) is 4. The van der Waals surface area contributed by atoms with Gasteiger partial charge in [-0.1, -0.05) is 72.8 Å². The third-order valence-electron chi connectivity index (χ3n) is 5.45. The van der Waals surface area contributed by atoms with E-state index in [0.717, 1.165) is 17.5 Å². The monoisotopic (exact) mass is 362 g/mol. The maximum absolute atomic E-state index is 12.7. The molecule has 1 saturated carbocycles. The van der Waals surface area contributed by atoms with Crippen molar-refractivity contribution in [2.24, 2.45) is 23.7 Å². The Morgan fingerprint density at radius 3 is 1.52 bits per heavy atom. The lowest BCUT2D eigenvalue weighted by molar-refractivity contribution is -0.162. The Balaban J connectivity index is 1.40. The molecule has 138 valence electrons. The summed E-state index contributed by atoms with van der Waals surface area (Å²) in [6.07, 6.45) is 4.90. The second-order valence-electron chi connectivity index (χ2n) is 7.19. The van der Waals surface area contributed by atoms with Crippen LogP contribution >= 0.6 is 0 Å². The number of benzene rings is 2. The molecule has 1 fully saturated rings. The largest absolute Gasteiger partial charge is 0.461 e. The molecule has 27 heavy (non-hydrogen) atoms. The van der Waals surface area contributed by atoms with Crippen molar-refractivity contribution in [2.45, 2.75) is 19.6 Å². The van der Waals surface area contributed by atoms with Crippen LogP contribution in [-0.2, 0) is 32.3 Å². The van der Waals surface area contributed by atoms with Crippen LogP contribution in [0.3, 0.4) is 0 Å². The van der Waals surface area contributed by atoms with E-state index in [1.807, 2.05) is 72.8 Å². The van der Waals surface area contributed by atoms with Crippen LogP contribution in [0.4, 0.5) is 0 Å². The van der Waals surface area contributed by atoms with E-state index in [0.29, 0.717) is 0 Å². The zero-order valence-corrected chi connectivity index (χ0v) is 15.0. The molecule has 2 aromatic rings. The van der Waals surface area contributed by atoms with Crippen LogP contribution in [0, 0.1) is 23.7 Å². The lowest BCUT2D eigenvalue weighted by atomic mass is 9.83. The van der Waals surface area contributed by atoms with Gasteiger partial charge < -0.3 is 9.47 Å². The lowest BCUT2D eigenvalue weighted by Gasteiger charge is -2.25. The van der Waals surface area contributed by atoms with Crippen LogP contribution in [0.1, 0.15) is 17.5 Å². The highest BCUT2D eigenvalue weighted by atomic mass is 16.5. The van der Waals surface area contributed by atoms with Crippen LogP contribution in [0.15, 0.2) is 72.8 Å². The number of allylic oxidation sites excluding steroid dienone is 2. The van der Waals surface area contributed by atoms with Crippen LogP contribution in [0.2, 0.25) is 0 Å². The fraction of sp³-hybridized carbons (Fsp3) is 0.304.